The monoisotopic (exact) mass is 1140 g/mol. The predicted octanol–water partition coefficient (Wildman–Crippen LogP) is 23.9. The summed E-state index contributed by atoms with van der Waals surface area (Å²) in [6.07, 6.45) is 90.6. The van der Waals surface area contributed by atoms with Crippen molar-refractivity contribution in [3.05, 3.63) is 36.5 Å². The van der Waals surface area contributed by atoms with Gasteiger partial charge in [-0.1, -0.05) is 346 Å². The number of hydrogen-bond donors (Lipinski definition) is 3. The second kappa shape index (κ2) is 70.6. The molecule has 0 aromatic heterocycles. The molecule has 0 aliphatic heterocycles. The molecule has 0 heterocycles. The van der Waals surface area contributed by atoms with Crippen molar-refractivity contribution in [2.75, 3.05) is 13.2 Å². The van der Waals surface area contributed by atoms with Crippen LogP contribution in [0.5, 0.6) is 0 Å². The number of allylic oxidation sites excluding steroid dienone is 6. The molecule has 2 unspecified atom stereocenters. The molecule has 0 aromatic carbocycles. The van der Waals surface area contributed by atoms with Crippen LogP contribution in [0.4, 0.5) is 0 Å². The summed E-state index contributed by atoms with van der Waals surface area (Å²) in [4.78, 5) is 24.6. The quantitative estimate of drug-likeness (QED) is 0.0320. The first-order valence-electron chi connectivity index (χ1n) is 36.7. The molecule has 0 fully saturated rings. The summed E-state index contributed by atoms with van der Waals surface area (Å²) < 4.78 is 5.49. The molecule has 0 bridgehead atoms. The molecule has 0 aliphatic rings. The van der Waals surface area contributed by atoms with Crippen molar-refractivity contribution < 1.29 is 24.5 Å². The third-order valence-corrected chi connectivity index (χ3v) is 17.2. The number of ether oxygens (including phenoxy) is 1. The highest BCUT2D eigenvalue weighted by molar-refractivity contribution is 5.76. The van der Waals surface area contributed by atoms with E-state index in [1.807, 2.05) is 0 Å². The number of unbranched alkanes of at least 4 members (excludes halogenated alkanes) is 52. The normalized spacial score (nSPS) is 12.7. The molecule has 0 radical (unpaired) electrons. The molecule has 6 nitrogen and oxygen atoms in total. The smallest absolute Gasteiger partial charge is 0.305 e. The third kappa shape index (κ3) is 67.1. The Balaban J connectivity index is 3.40. The van der Waals surface area contributed by atoms with Gasteiger partial charge in [0.1, 0.15) is 0 Å². The summed E-state index contributed by atoms with van der Waals surface area (Å²) in [5.74, 6) is -0.0315. The van der Waals surface area contributed by atoms with Gasteiger partial charge < -0.3 is 20.3 Å². The predicted molar refractivity (Wildman–Crippen MR) is 356 cm³/mol. The van der Waals surface area contributed by atoms with Gasteiger partial charge in [-0.15, -0.1) is 0 Å². The molecule has 0 aromatic rings. The Morgan fingerprint density at radius 2 is 0.617 bits per heavy atom. The minimum atomic E-state index is -0.667. The Morgan fingerprint density at radius 3 is 0.975 bits per heavy atom. The number of amides is 1. The van der Waals surface area contributed by atoms with Crippen molar-refractivity contribution in [1.82, 2.24) is 5.32 Å². The average Bonchev–Trinajstić information content (AvgIpc) is 3.47. The fourth-order valence-electron chi connectivity index (χ4n) is 11.6. The van der Waals surface area contributed by atoms with E-state index in [-0.39, 0.29) is 18.5 Å². The third-order valence-electron chi connectivity index (χ3n) is 17.2. The molecule has 6 heteroatoms. The number of rotatable bonds is 69. The zero-order chi connectivity index (χ0) is 58.5. The van der Waals surface area contributed by atoms with E-state index in [4.69, 9.17) is 4.74 Å². The second-order valence-corrected chi connectivity index (χ2v) is 25.3. The van der Waals surface area contributed by atoms with Crippen molar-refractivity contribution >= 4 is 11.9 Å². The van der Waals surface area contributed by atoms with Crippen molar-refractivity contribution in [2.45, 2.75) is 418 Å². The largest absolute Gasteiger partial charge is 0.466 e. The minimum Gasteiger partial charge on any atom is -0.466 e. The first kappa shape index (κ1) is 79.1. The summed E-state index contributed by atoms with van der Waals surface area (Å²) >= 11 is 0. The van der Waals surface area contributed by atoms with Gasteiger partial charge in [-0.2, -0.15) is 0 Å². The molecular weight excluding hydrogens is 995 g/mol. The van der Waals surface area contributed by atoms with Gasteiger partial charge in [-0.05, 0) is 83.5 Å². The number of aliphatic hydroxyl groups excluding tert-OH is 2. The molecule has 478 valence electrons. The maximum Gasteiger partial charge on any atom is 0.305 e. The van der Waals surface area contributed by atoms with Crippen molar-refractivity contribution in [1.29, 1.82) is 0 Å². The number of carbonyl (C=O) groups excluding carboxylic acids is 2. The molecule has 0 saturated carbocycles. The van der Waals surface area contributed by atoms with Gasteiger partial charge in [0, 0.05) is 12.8 Å². The van der Waals surface area contributed by atoms with Crippen LogP contribution in [0.3, 0.4) is 0 Å². The van der Waals surface area contributed by atoms with Crippen LogP contribution in [0.1, 0.15) is 406 Å². The van der Waals surface area contributed by atoms with Crippen molar-refractivity contribution in [2.24, 2.45) is 0 Å². The average molecular weight is 1140 g/mol. The SMILES string of the molecule is CCCCC/C=C\C/C=C\CCCCCCCC(=O)OCCCCCCCCCCCCCC/C=C\CCCCCCCCCCCCC(=O)NC(CO)C(O)CCCCCCCCCCCCCCCCCCCCCCCCC. The molecule has 0 rings (SSSR count). The van der Waals surface area contributed by atoms with E-state index >= 15 is 0 Å². The van der Waals surface area contributed by atoms with Crippen molar-refractivity contribution in [3.8, 4) is 0 Å². The summed E-state index contributed by atoms with van der Waals surface area (Å²) in [6, 6.07) is -0.545. The fourth-order valence-corrected chi connectivity index (χ4v) is 11.6. The van der Waals surface area contributed by atoms with Crippen LogP contribution in [0.15, 0.2) is 36.5 Å². The summed E-state index contributed by atoms with van der Waals surface area (Å²) in [7, 11) is 0. The van der Waals surface area contributed by atoms with Crippen LogP contribution < -0.4 is 5.32 Å². The Bertz CT molecular complexity index is 1310. The van der Waals surface area contributed by atoms with Crippen molar-refractivity contribution in [3.63, 3.8) is 0 Å². The lowest BCUT2D eigenvalue weighted by Crippen LogP contribution is -2.45. The topological polar surface area (TPSA) is 95.9 Å². The van der Waals surface area contributed by atoms with E-state index in [0.717, 1.165) is 51.4 Å². The molecule has 2 atom stereocenters. The van der Waals surface area contributed by atoms with Crippen LogP contribution in [0, 0.1) is 0 Å². The van der Waals surface area contributed by atoms with Gasteiger partial charge in [-0.3, -0.25) is 9.59 Å². The van der Waals surface area contributed by atoms with Crippen LogP contribution in [-0.4, -0.2) is 47.4 Å². The molecular formula is C75H143NO5. The number of aliphatic hydroxyl groups is 2. The Hall–Kier alpha value is -1.92. The maximum absolute atomic E-state index is 12.6. The molecule has 0 saturated heterocycles. The van der Waals surface area contributed by atoms with E-state index in [1.54, 1.807) is 0 Å². The van der Waals surface area contributed by atoms with E-state index in [2.05, 4.69) is 55.6 Å². The van der Waals surface area contributed by atoms with Gasteiger partial charge in [0.15, 0.2) is 0 Å². The van der Waals surface area contributed by atoms with Gasteiger partial charge >= 0.3 is 5.97 Å². The molecule has 0 spiro atoms. The molecule has 1 amide bonds. The lowest BCUT2D eigenvalue weighted by molar-refractivity contribution is -0.143. The second-order valence-electron chi connectivity index (χ2n) is 25.3. The minimum absolute atomic E-state index is 0.000948. The van der Waals surface area contributed by atoms with E-state index in [0.29, 0.717) is 25.9 Å². The van der Waals surface area contributed by atoms with E-state index < -0.39 is 12.1 Å². The van der Waals surface area contributed by atoms with Gasteiger partial charge in [-0.25, -0.2) is 0 Å². The highest BCUT2D eigenvalue weighted by atomic mass is 16.5. The molecule has 3 N–H and O–H groups in total. The van der Waals surface area contributed by atoms with E-state index in [9.17, 15) is 19.8 Å². The van der Waals surface area contributed by atoms with E-state index in [1.165, 1.54) is 321 Å². The molecule has 0 aliphatic carbocycles. The maximum atomic E-state index is 12.6. The van der Waals surface area contributed by atoms with Crippen LogP contribution in [0.2, 0.25) is 0 Å². The zero-order valence-corrected chi connectivity index (χ0v) is 54.8. The van der Waals surface area contributed by atoms with Crippen LogP contribution >= 0.6 is 0 Å². The Morgan fingerprint density at radius 1 is 0.346 bits per heavy atom. The summed E-state index contributed by atoms with van der Waals surface area (Å²) in [6.45, 7) is 4.96. The highest BCUT2D eigenvalue weighted by Gasteiger charge is 2.20. The van der Waals surface area contributed by atoms with Gasteiger partial charge in [0.05, 0.1) is 25.4 Å². The number of esters is 1. The summed E-state index contributed by atoms with van der Waals surface area (Å²) in [5, 5.41) is 23.4. The number of carbonyl (C=O) groups is 2. The first-order chi connectivity index (χ1) is 40.0. The zero-order valence-electron chi connectivity index (χ0n) is 54.8. The van der Waals surface area contributed by atoms with Crippen LogP contribution in [0.25, 0.3) is 0 Å². The standard InChI is InChI=1S/C75H143NO5/c1-3-5-7-9-11-13-15-17-19-20-21-22-27-30-33-36-40-43-47-51-55-59-63-67-73(78)72(71-77)76-74(79)68-64-60-56-52-48-44-41-37-34-31-28-25-23-24-26-29-32-35-38-42-46-50-54-58-62-66-70-81-75(80)69-65-61-57-53-49-45-39-18-16-14-12-10-8-6-4-2/h12,14,18,23,25,39,72-73,77-78H,3-11,13,15-17,19-22,24,26-38,40-71H2,1-2H3,(H,76,79)/b14-12-,25-23-,39-18-. The van der Waals surface area contributed by atoms with Crippen LogP contribution in [-0.2, 0) is 14.3 Å². The summed E-state index contributed by atoms with van der Waals surface area (Å²) in [5.41, 5.74) is 0. The number of hydrogen-bond acceptors (Lipinski definition) is 5. The fraction of sp³-hybridized carbons (Fsp3) is 0.893. The Kier molecular flexibility index (Phi) is 68.9. The Labute approximate surface area is 506 Å². The first-order valence-corrected chi connectivity index (χ1v) is 36.7. The van der Waals surface area contributed by atoms with Gasteiger partial charge in [0.25, 0.3) is 0 Å². The highest BCUT2D eigenvalue weighted by Crippen LogP contribution is 2.19. The molecule has 81 heavy (non-hydrogen) atoms. The lowest BCUT2D eigenvalue weighted by atomic mass is 10.0. The van der Waals surface area contributed by atoms with Gasteiger partial charge in [0.2, 0.25) is 5.91 Å². The number of nitrogens with one attached hydrogen (secondary N) is 1. The lowest BCUT2D eigenvalue weighted by Gasteiger charge is -2.22.